The Morgan fingerprint density at radius 2 is 1.86 bits per heavy atom. The number of nitrogens with zero attached hydrogens (tertiary/aromatic N) is 8. The predicted molar refractivity (Wildman–Crippen MR) is 181 cm³/mol. The number of fused-ring (bicyclic) bond motifs is 1. The quantitative estimate of drug-likeness (QED) is 0.203. The second-order valence-electron chi connectivity index (χ2n) is 14.8. The molecule has 8 rings (SSSR count). The van der Waals surface area contributed by atoms with Crippen LogP contribution in [0, 0.1) is 29.1 Å². The number of hydrogen-bond acceptors (Lipinski definition) is 8. The van der Waals surface area contributed by atoms with Gasteiger partial charge in [-0.3, -0.25) is 19.6 Å². The molecule has 5 heterocycles. The molecule has 1 amide bonds. The summed E-state index contributed by atoms with van der Waals surface area (Å²) in [7, 11) is 1.83. The number of aromatic nitrogens is 5. The first-order valence-corrected chi connectivity index (χ1v) is 17.2. The number of benzene rings is 1. The van der Waals surface area contributed by atoms with E-state index in [1.54, 1.807) is 29.2 Å². The standard InChI is InChI=1S/C37H38F3N9O/c1-23-12-26(28(17-42-23)33-46-44-22-47(33)2)25-15-31(43-20-35(6-7-35)8-10-41)45-32(16-25)49-19-29-27(34(49)50)13-24(14-30(29)37(38,39)40)18-48-11-9-36(21-48)4-3-5-36/h12-17,22H,3-9,11,18-21H2,1-2H3,(H,43,45). The molecule has 1 saturated heterocycles. The van der Waals surface area contributed by atoms with Crippen LogP contribution in [0.3, 0.4) is 0 Å². The molecule has 258 valence electrons. The molecule has 13 heteroatoms. The Kier molecular flexibility index (Phi) is 7.71. The zero-order chi connectivity index (χ0) is 34.8. The van der Waals surface area contributed by atoms with E-state index in [0.717, 1.165) is 43.6 Å². The third kappa shape index (κ3) is 5.89. The molecule has 0 atom stereocenters. The zero-order valence-corrected chi connectivity index (χ0v) is 28.1. The van der Waals surface area contributed by atoms with E-state index in [4.69, 9.17) is 4.98 Å². The van der Waals surface area contributed by atoms with Crippen LogP contribution >= 0.6 is 0 Å². The van der Waals surface area contributed by atoms with Gasteiger partial charge in [0.2, 0.25) is 0 Å². The van der Waals surface area contributed by atoms with Crippen molar-refractivity contribution in [2.24, 2.45) is 17.9 Å². The van der Waals surface area contributed by atoms with Gasteiger partial charge in [0.1, 0.15) is 18.0 Å². The lowest BCUT2D eigenvalue weighted by Gasteiger charge is -2.38. The van der Waals surface area contributed by atoms with E-state index in [-0.39, 0.29) is 28.9 Å². The summed E-state index contributed by atoms with van der Waals surface area (Å²) in [6.45, 7) is 4.24. The van der Waals surface area contributed by atoms with Gasteiger partial charge in [0.05, 0.1) is 18.2 Å². The first kappa shape index (κ1) is 32.4. The van der Waals surface area contributed by atoms with Crippen molar-refractivity contribution in [3.8, 4) is 28.6 Å². The van der Waals surface area contributed by atoms with E-state index < -0.39 is 17.6 Å². The van der Waals surface area contributed by atoms with Gasteiger partial charge in [-0.05, 0) is 104 Å². The SMILES string of the molecule is Cc1cc(-c2cc(NCC3(CC#N)CC3)nc(N3Cc4c(cc(CN5CCC6(CCC6)C5)cc4C(F)(F)F)C3=O)c2)c(-c2nncn2C)cn1. The van der Waals surface area contributed by atoms with Gasteiger partial charge in [0, 0.05) is 61.5 Å². The molecule has 4 aromatic rings. The minimum Gasteiger partial charge on any atom is -0.369 e. The van der Waals surface area contributed by atoms with Crippen LogP contribution in [0.1, 0.15) is 77.7 Å². The summed E-state index contributed by atoms with van der Waals surface area (Å²) in [6, 6.07) is 10.7. The largest absolute Gasteiger partial charge is 0.416 e. The number of pyridine rings is 2. The van der Waals surface area contributed by atoms with Crippen LogP contribution in [0.5, 0.6) is 0 Å². The Morgan fingerprint density at radius 3 is 2.52 bits per heavy atom. The van der Waals surface area contributed by atoms with Gasteiger partial charge in [0.15, 0.2) is 5.82 Å². The Morgan fingerprint density at radius 1 is 1.04 bits per heavy atom. The van der Waals surface area contributed by atoms with Gasteiger partial charge in [-0.15, -0.1) is 10.2 Å². The molecule has 2 saturated carbocycles. The Balaban J connectivity index is 1.18. The molecule has 0 unspecified atom stereocenters. The van der Waals surface area contributed by atoms with E-state index in [0.29, 0.717) is 53.3 Å². The van der Waals surface area contributed by atoms with Crippen LogP contribution in [-0.4, -0.2) is 55.2 Å². The number of halogens is 3. The third-order valence-corrected chi connectivity index (χ3v) is 11.2. The molecule has 2 aliphatic heterocycles. The van der Waals surface area contributed by atoms with E-state index in [1.165, 1.54) is 30.2 Å². The van der Waals surface area contributed by atoms with E-state index >= 15 is 0 Å². The fourth-order valence-electron chi connectivity index (χ4n) is 7.95. The van der Waals surface area contributed by atoms with Crippen molar-refractivity contribution in [2.75, 3.05) is 29.9 Å². The number of alkyl halides is 3. The molecule has 3 fully saturated rings. The number of rotatable bonds is 9. The molecule has 3 aromatic heterocycles. The van der Waals surface area contributed by atoms with Gasteiger partial charge in [-0.2, -0.15) is 18.4 Å². The summed E-state index contributed by atoms with van der Waals surface area (Å²) in [5, 5.41) is 21.1. The fraction of sp³-hybridized carbons (Fsp3) is 0.459. The molecule has 1 N–H and O–H groups in total. The number of hydrogen-bond donors (Lipinski definition) is 1. The maximum Gasteiger partial charge on any atom is 0.416 e. The van der Waals surface area contributed by atoms with Crippen molar-refractivity contribution in [3.63, 3.8) is 0 Å². The maximum absolute atomic E-state index is 14.6. The van der Waals surface area contributed by atoms with Crippen LogP contribution < -0.4 is 10.2 Å². The molecule has 1 spiro atoms. The predicted octanol–water partition coefficient (Wildman–Crippen LogP) is 6.91. The summed E-state index contributed by atoms with van der Waals surface area (Å²) < 4.78 is 45.7. The summed E-state index contributed by atoms with van der Waals surface area (Å²) in [6.07, 6.45) is 5.57. The van der Waals surface area contributed by atoms with Crippen LogP contribution in [0.4, 0.5) is 24.8 Å². The number of aryl methyl sites for hydroxylation is 2. The van der Waals surface area contributed by atoms with Crippen LogP contribution in [0.15, 0.2) is 42.9 Å². The molecular formula is C37H38F3N9O. The number of anilines is 2. The van der Waals surface area contributed by atoms with E-state index in [9.17, 15) is 23.2 Å². The maximum atomic E-state index is 14.6. The third-order valence-electron chi connectivity index (χ3n) is 11.2. The van der Waals surface area contributed by atoms with Gasteiger partial charge in [-0.1, -0.05) is 6.42 Å². The fourth-order valence-corrected chi connectivity index (χ4v) is 7.95. The van der Waals surface area contributed by atoms with Crippen LogP contribution in [0.25, 0.3) is 22.5 Å². The van der Waals surface area contributed by atoms with Crippen molar-refractivity contribution in [2.45, 2.75) is 71.1 Å². The molecule has 4 aliphatic rings. The van der Waals surface area contributed by atoms with Crippen LogP contribution in [0.2, 0.25) is 0 Å². The Labute approximate surface area is 288 Å². The summed E-state index contributed by atoms with van der Waals surface area (Å²) in [5.74, 6) is 0.761. The zero-order valence-electron chi connectivity index (χ0n) is 28.1. The van der Waals surface area contributed by atoms with Gasteiger partial charge < -0.3 is 9.88 Å². The Hall–Kier alpha value is -4.83. The molecule has 10 nitrogen and oxygen atoms in total. The highest BCUT2D eigenvalue weighted by molar-refractivity contribution is 6.10. The van der Waals surface area contributed by atoms with Gasteiger partial charge in [-0.25, -0.2) is 4.98 Å². The smallest absolute Gasteiger partial charge is 0.369 e. The van der Waals surface area contributed by atoms with Crippen molar-refractivity contribution in [1.29, 1.82) is 5.26 Å². The number of amides is 1. The first-order chi connectivity index (χ1) is 23.9. The molecule has 0 bridgehead atoms. The highest BCUT2D eigenvalue weighted by Crippen LogP contribution is 2.50. The number of likely N-dealkylation sites (tertiary alicyclic amines) is 1. The van der Waals surface area contributed by atoms with Crippen molar-refractivity contribution in [3.05, 3.63) is 70.8 Å². The monoisotopic (exact) mass is 681 g/mol. The minimum absolute atomic E-state index is 0.0321. The number of carbonyl (C=O) groups excluding carboxylic acids is 1. The summed E-state index contributed by atoms with van der Waals surface area (Å²) >= 11 is 0. The average molecular weight is 682 g/mol. The number of nitriles is 1. The topological polar surface area (TPSA) is 116 Å². The highest BCUT2D eigenvalue weighted by Gasteiger charge is 2.45. The molecule has 0 radical (unpaired) electrons. The van der Waals surface area contributed by atoms with E-state index in [2.05, 4.69) is 31.5 Å². The molecule has 1 aromatic carbocycles. The second kappa shape index (κ2) is 11.9. The lowest BCUT2D eigenvalue weighted by molar-refractivity contribution is -0.138. The van der Waals surface area contributed by atoms with E-state index in [1.807, 2.05) is 26.1 Å². The number of nitrogens with one attached hydrogen (secondary N) is 1. The molecule has 50 heavy (non-hydrogen) atoms. The molecular weight excluding hydrogens is 643 g/mol. The first-order valence-electron chi connectivity index (χ1n) is 17.2. The van der Waals surface area contributed by atoms with Crippen molar-refractivity contribution < 1.29 is 18.0 Å². The Bertz CT molecular complexity index is 2040. The van der Waals surface area contributed by atoms with Crippen LogP contribution in [-0.2, 0) is 26.3 Å². The number of carbonyl (C=O) groups is 1. The van der Waals surface area contributed by atoms with Gasteiger partial charge in [0.25, 0.3) is 5.91 Å². The van der Waals surface area contributed by atoms with Crippen molar-refractivity contribution >= 4 is 17.5 Å². The minimum atomic E-state index is -4.63. The summed E-state index contributed by atoms with van der Waals surface area (Å²) in [4.78, 5) is 27.0. The van der Waals surface area contributed by atoms with Gasteiger partial charge >= 0.3 is 6.18 Å². The highest BCUT2D eigenvalue weighted by atomic mass is 19.4. The normalized spacial score (nSPS) is 19.0. The lowest BCUT2D eigenvalue weighted by Crippen LogP contribution is -2.33. The average Bonchev–Trinajstić information content (AvgIpc) is 3.33. The second-order valence-corrected chi connectivity index (χ2v) is 14.8. The molecule has 2 aliphatic carbocycles. The lowest BCUT2D eigenvalue weighted by atomic mass is 9.68. The summed E-state index contributed by atoms with van der Waals surface area (Å²) in [5.41, 5.74) is 2.83. The van der Waals surface area contributed by atoms with Crippen molar-refractivity contribution in [1.82, 2.24) is 29.6 Å².